The van der Waals surface area contributed by atoms with Crippen molar-refractivity contribution in [1.29, 1.82) is 0 Å². The monoisotopic (exact) mass is 625 g/mol. The number of aromatic amines is 1. The van der Waals surface area contributed by atoms with Crippen LogP contribution in [0.25, 0.3) is 11.0 Å². The molecule has 42 heavy (non-hydrogen) atoms. The Morgan fingerprint density at radius 3 is 2.69 bits per heavy atom. The van der Waals surface area contributed by atoms with E-state index in [0.29, 0.717) is 0 Å². The van der Waals surface area contributed by atoms with E-state index in [1.165, 1.54) is 14.0 Å². The number of nitrogens with two attached hydrogens (primary N) is 1. The van der Waals surface area contributed by atoms with Crippen molar-refractivity contribution in [1.82, 2.24) is 19.6 Å². The molecule has 4 N–H and O–H groups in total. The second-order valence-corrected chi connectivity index (χ2v) is 12.0. The van der Waals surface area contributed by atoms with E-state index in [4.69, 9.17) is 47.0 Å². The van der Waals surface area contributed by atoms with E-state index in [9.17, 15) is 18.5 Å². The molecule has 0 amide bonds. The van der Waals surface area contributed by atoms with Crippen molar-refractivity contribution >= 4 is 42.3 Å². The molecule has 0 saturated carbocycles. The van der Waals surface area contributed by atoms with Gasteiger partial charge in [0.1, 0.15) is 29.4 Å². The van der Waals surface area contributed by atoms with E-state index in [0.717, 1.165) is 10.8 Å². The van der Waals surface area contributed by atoms with Crippen molar-refractivity contribution in [3.63, 3.8) is 0 Å². The van der Waals surface area contributed by atoms with Crippen molar-refractivity contribution in [2.75, 3.05) is 19.5 Å². The Morgan fingerprint density at radius 2 is 2.07 bits per heavy atom. The van der Waals surface area contributed by atoms with Crippen molar-refractivity contribution in [2.24, 2.45) is 0 Å². The zero-order valence-electron chi connectivity index (χ0n) is 23.1. The van der Waals surface area contributed by atoms with Gasteiger partial charge in [0.25, 0.3) is 5.56 Å². The molecule has 3 heterocycles. The maximum absolute atomic E-state index is 14.8. The van der Waals surface area contributed by atoms with E-state index < -0.39 is 67.2 Å². The molecule has 1 fully saturated rings. The SMILES string of the molecule is C#CC1(Cl)[C@@H](OC)[C@@H](COP(=O)(N[C@@H](C)C(=O)OC(C)C)Oc2ccccc2)O[C@H]1n1cc(F)c2c(=O)[nH]c(N)nc21. The van der Waals surface area contributed by atoms with E-state index in [1.54, 1.807) is 44.2 Å². The number of ether oxygens (including phenoxy) is 3. The van der Waals surface area contributed by atoms with Gasteiger partial charge >= 0.3 is 13.7 Å². The molecule has 0 bridgehead atoms. The van der Waals surface area contributed by atoms with E-state index in [-0.39, 0.29) is 22.7 Å². The second kappa shape index (κ2) is 12.4. The van der Waals surface area contributed by atoms with Gasteiger partial charge in [-0.05, 0) is 32.9 Å². The lowest BCUT2D eigenvalue weighted by Crippen LogP contribution is -2.43. The predicted molar refractivity (Wildman–Crippen MR) is 151 cm³/mol. The number of para-hydroxylation sites is 1. The third kappa shape index (κ3) is 6.32. The molecule has 13 nitrogen and oxygen atoms in total. The van der Waals surface area contributed by atoms with Crippen molar-refractivity contribution in [3.05, 3.63) is 52.7 Å². The number of nitrogens with zero attached hydrogens (tertiary/aromatic N) is 2. The number of nitrogen functional groups attached to an aromatic ring is 1. The first-order valence-electron chi connectivity index (χ1n) is 12.7. The van der Waals surface area contributed by atoms with Crippen molar-refractivity contribution in [2.45, 2.75) is 56.2 Å². The van der Waals surface area contributed by atoms with Crippen LogP contribution in [0.4, 0.5) is 10.3 Å². The normalized spacial score (nSPS) is 24.3. The van der Waals surface area contributed by atoms with Crippen LogP contribution in [0.3, 0.4) is 0 Å². The Bertz CT molecular complexity index is 1590. The number of H-pyrrole nitrogens is 1. The number of anilines is 1. The molecule has 1 saturated heterocycles. The number of benzene rings is 1. The van der Waals surface area contributed by atoms with Gasteiger partial charge in [-0.25, -0.2) is 8.96 Å². The topological polar surface area (TPSA) is 169 Å². The highest BCUT2D eigenvalue weighted by molar-refractivity contribution is 7.52. The first-order valence-corrected chi connectivity index (χ1v) is 14.6. The number of carbonyl (C=O) groups excluding carboxylic acids is 1. The lowest BCUT2D eigenvalue weighted by molar-refractivity contribution is -0.149. The minimum Gasteiger partial charge on any atom is -0.462 e. The Labute approximate surface area is 245 Å². The van der Waals surface area contributed by atoms with Crippen LogP contribution in [0.15, 0.2) is 41.3 Å². The first-order chi connectivity index (χ1) is 19.8. The molecule has 0 radical (unpaired) electrons. The largest absolute Gasteiger partial charge is 0.462 e. The van der Waals surface area contributed by atoms with Crippen LogP contribution in [0.5, 0.6) is 5.75 Å². The summed E-state index contributed by atoms with van der Waals surface area (Å²) in [5, 5.41) is 2.19. The molecule has 0 spiro atoms. The lowest BCUT2D eigenvalue weighted by Gasteiger charge is -2.28. The van der Waals surface area contributed by atoms with Gasteiger partial charge in [0.2, 0.25) is 5.95 Å². The molecule has 3 aromatic rings. The van der Waals surface area contributed by atoms with Gasteiger partial charge in [0.05, 0.1) is 12.7 Å². The van der Waals surface area contributed by atoms with Crippen LogP contribution in [0.2, 0.25) is 0 Å². The summed E-state index contributed by atoms with van der Waals surface area (Å²) in [6, 6.07) is 7.03. The zero-order valence-corrected chi connectivity index (χ0v) is 24.7. The fourth-order valence-corrected chi connectivity index (χ4v) is 6.32. The number of methoxy groups -OCH3 is 1. The molecule has 6 atom stereocenters. The van der Waals surface area contributed by atoms with E-state index in [1.807, 2.05) is 0 Å². The van der Waals surface area contributed by atoms with Crippen LogP contribution in [-0.2, 0) is 28.1 Å². The third-order valence-corrected chi connectivity index (χ3v) is 8.39. The van der Waals surface area contributed by atoms with Crippen molar-refractivity contribution < 1.29 is 37.0 Å². The zero-order chi connectivity index (χ0) is 30.8. The summed E-state index contributed by atoms with van der Waals surface area (Å²) < 4.78 is 58.1. The summed E-state index contributed by atoms with van der Waals surface area (Å²) in [6.45, 7) is 4.29. The number of carbonyl (C=O) groups is 1. The maximum atomic E-state index is 14.8. The molecule has 16 heteroatoms. The summed E-state index contributed by atoms with van der Waals surface area (Å²) in [4.78, 5) is 29.3. The quantitative estimate of drug-likeness (QED) is 0.124. The summed E-state index contributed by atoms with van der Waals surface area (Å²) in [7, 11) is -2.98. The molecule has 1 aliphatic heterocycles. The highest BCUT2D eigenvalue weighted by Gasteiger charge is 2.57. The van der Waals surface area contributed by atoms with Gasteiger partial charge in [-0.2, -0.15) is 10.1 Å². The van der Waals surface area contributed by atoms with Gasteiger partial charge in [-0.1, -0.05) is 35.7 Å². The summed E-state index contributed by atoms with van der Waals surface area (Å²) in [5.41, 5.74) is 4.70. The molecule has 0 aliphatic carbocycles. The van der Waals surface area contributed by atoms with Crippen molar-refractivity contribution in [3.8, 4) is 18.1 Å². The number of rotatable bonds is 11. The highest BCUT2D eigenvalue weighted by Crippen LogP contribution is 2.49. The van der Waals surface area contributed by atoms with Gasteiger partial charge in [0.15, 0.2) is 22.6 Å². The molecular weight excluding hydrogens is 596 g/mol. The number of hydrogen-bond donors (Lipinski definition) is 3. The molecule has 1 aliphatic rings. The van der Waals surface area contributed by atoms with E-state index in [2.05, 4.69) is 21.0 Å². The minimum absolute atomic E-state index is 0.173. The summed E-state index contributed by atoms with van der Waals surface area (Å²) in [5.74, 6) is 0.726. The standard InChI is InChI=1S/C26H30ClFN5O8P/c1-6-26(27)20(37-5)18(40-24(26)33-12-17(28)19-21(33)30-25(29)31-22(19)34)13-38-42(36,41-16-10-8-7-9-11-16)32-15(4)23(35)39-14(2)3/h1,7-12,14-15,18,20,24H,13H2,2-5H3,(H,32,36)(H3,29,30,31,34)/t15-,18+,20-,24+,26?,42?/m0/s1. The number of hydrogen-bond acceptors (Lipinski definition) is 10. The lowest BCUT2D eigenvalue weighted by atomic mass is 9.99. The second-order valence-electron chi connectivity index (χ2n) is 9.66. The molecule has 2 aromatic heterocycles. The Hall–Kier alpha value is -3.44. The first kappa shape index (κ1) is 31.5. The van der Waals surface area contributed by atoms with Gasteiger partial charge in [-0.15, -0.1) is 6.42 Å². The Kier molecular flexibility index (Phi) is 9.32. The highest BCUT2D eigenvalue weighted by atomic mass is 35.5. The van der Waals surface area contributed by atoms with E-state index >= 15 is 0 Å². The van der Waals surface area contributed by atoms with Crippen LogP contribution in [-0.4, -0.2) is 63.4 Å². The third-order valence-electron chi connectivity index (χ3n) is 6.23. The molecule has 226 valence electrons. The Balaban J connectivity index is 1.65. The maximum Gasteiger partial charge on any atom is 0.459 e. The minimum atomic E-state index is -4.30. The number of nitrogens with one attached hydrogen (secondary N) is 2. The molecule has 1 aromatic carbocycles. The number of terminal acetylenes is 1. The summed E-state index contributed by atoms with van der Waals surface area (Å²) in [6.07, 6.45) is 2.79. The summed E-state index contributed by atoms with van der Waals surface area (Å²) >= 11 is 6.85. The average molecular weight is 626 g/mol. The number of fused-ring (bicyclic) bond motifs is 1. The number of halogens is 2. The average Bonchev–Trinajstić information content (AvgIpc) is 3.40. The van der Waals surface area contributed by atoms with Gasteiger partial charge in [0, 0.05) is 13.3 Å². The van der Waals surface area contributed by atoms with Crippen LogP contribution in [0, 0.1) is 18.2 Å². The number of esters is 1. The van der Waals surface area contributed by atoms with Gasteiger partial charge in [-0.3, -0.25) is 23.7 Å². The van der Waals surface area contributed by atoms with Crippen LogP contribution >= 0.6 is 19.3 Å². The Morgan fingerprint density at radius 1 is 1.38 bits per heavy atom. The van der Waals surface area contributed by atoms with Crippen LogP contribution in [0.1, 0.15) is 27.0 Å². The van der Waals surface area contributed by atoms with Gasteiger partial charge < -0.3 is 24.5 Å². The van der Waals surface area contributed by atoms with Crippen LogP contribution < -0.4 is 20.9 Å². The predicted octanol–water partition coefficient (Wildman–Crippen LogP) is 3.10. The fraction of sp³-hybridized carbons (Fsp3) is 0.423. The molecular formula is C26H30ClFN5O8P. The fourth-order valence-electron chi connectivity index (χ4n) is 4.43. The number of alkyl halides is 1. The number of aromatic nitrogens is 3. The molecule has 4 rings (SSSR count). The molecule has 2 unspecified atom stereocenters. The smallest absolute Gasteiger partial charge is 0.459 e.